The topological polar surface area (TPSA) is 111 Å². The summed E-state index contributed by atoms with van der Waals surface area (Å²) < 4.78 is 0. The number of carbonyl (C=O) groups excluding carboxylic acids is 1. The molecule has 6 nitrogen and oxygen atoms in total. The molecule has 0 saturated carbocycles. The molecule has 54 valence electrons. The van der Waals surface area contributed by atoms with E-state index in [-0.39, 0.29) is 12.2 Å². The Balaban J connectivity index is 3.01. The Hall–Kier alpha value is -1.43. The molecule has 0 aliphatic carbocycles. The predicted octanol–water partition coefficient (Wildman–Crippen LogP) is -1.64. The summed E-state index contributed by atoms with van der Waals surface area (Å²) in [5, 5.41) is 9.34. The van der Waals surface area contributed by atoms with Crippen LogP contribution in [0.1, 0.15) is 16.2 Å². The maximum absolute atomic E-state index is 10.5. The molecule has 1 aromatic rings. The second-order valence-electron chi connectivity index (χ2n) is 1.69. The lowest BCUT2D eigenvalue weighted by Gasteiger charge is -1.88. The molecule has 0 aliphatic rings. The van der Waals surface area contributed by atoms with Crippen LogP contribution in [0.2, 0.25) is 0 Å². The summed E-state index contributed by atoms with van der Waals surface area (Å²) in [6.07, 6.45) is 0. The van der Waals surface area contributed by atoms with Crippen molar-refractivity contribution in [1.82, 2.24) is 15.4 Å². The number of carbonyl (C=O) groups is 1. The van der Waals surface area contributed by atoms with Crippen molar-refractivity contribution in [3.05, 3.63) is 11.4 Å². The Morgan fingerprint density at radius 1 is 1.60 bits per heavy atom. The number of nitrogens with one attached hydrogen (secondary N) is 1. The molecule has 0 aromatic carbocycles. The number of aromatic amines is 1. The van der Waals surface area contributed by atoms with E-state index in [2.05, 4.69) is 15.4 Å². The minimum absolute atomic E-state index is 0.113. The number of amides is 1. The molecule has 1 amide bonds. The van der Waals surface area contributed by atoms with E-state index in [9.17, 15) is 4.79 Å². The fourth-order valence-electron chi connectivity index (χ4n) is 0.592. The van der Waals surface area contributed by atoms with Gasteiger partial charge in [-0.1, -0.05) is 0 Å². The second kappa shape index (κ2) is 2.44. The van der Waals surface area contributed by atoms with Gasteiger partial charge in [-0.3, -0.25) is 4.79 Å². The first kappa shape index (κ1) is 6.69. The molecule has 10 heavy (non-hydrogen) atoms. The Kier molecular flexibility index (Phi) is 1.63. The molecular weight excluding hydrogens is 134 g/mol. The van der Waals surface area contributed by atoms with E-state index >= 15 is 0 Å². The minimum atomic E-state index is -0.616. The molecular formula is C4H7N5O. The summed E-state index contributed by atoms with van der Waals surface area (Å²) in [4.78, 5) is 10.5. The number of nitrogens with zero attached hydrogens (tertiary/aromatic N) is 2. The maximum Gasteiger partial charge on any atom is 0.271 e. The first-order valence-corrected chi connectivity index (χ1v) is 2.65. The van der Waals surface area contributed by atoms with Crippen molar-refractivity contribution in [2.75, 3.05) is 0 Å². The summed E-state index contributed by atoms with van der Waals surface area (Å²) in [6.45, 7) is 0.161. The third kappa shape index (κ3) is 0.960. The van der Waals surface area contributed by atoms with Crippen LogP contribution < -0.4 is 11.5 Å². The van der Waals surface area contributed by atoms with Gasteiger partial charge >= 0.3 is 0 Å². The number of rotatable bonds is 2. The van der Waals surface area contributed by atoms with Gasteiger partial charge in [0, 0.05) is 6.54 Å². The fraction of sp³-hybridized carbons (Fsp3) is 0.250. The van der Waals surface area contributed by atoms with Crippen molar-refractivity contribution in [2.24, 2.45) is 11.5 Å². The van der Waals surface area contributed by atoms with Gasteiger partial charge < -0.3 is 11.5 Å². The SMILES string of the molecule is NCc1n[nH]nc1C(N)=O. The normalized spacial score (nSPS) is 9.70. The Labute approximate surface area is 56.6 Å². The third-order valence-corrected chi connectivity index (χ3v) is 1.05. The van der Waals surface area contributed by atoms with Gasteiger partial charge in [0.05, 0.1) is 0 Å². The summed E-state index contributed by atoms with van der Waals surface area (Å²) in [7, 11) is 0. The van der Waals surface area contributed by atoms with Crippen LogP contribution in [0, 0.1) is 0 Å². The zero-order valence-corrected chi connectivity index (χ0v) is 5.16. The first-order chi connectivity index (χ1) is 4.75. The zero-order valence-electron chi connectivity index (χ0n) is 5.16. The quantitative estimate of drug-likeness (QED) is 0.458. The van der Waals surface area contributed by atoms with Crippen LogP contribution in [0.5, 0.6) is 0 Å². The van der Waals surface area contributed by atoms with Crippen molar-refractivity contribution in [2.45, 2.75) is 6.54 Å². The smallest absolute Gasteiger partial charge is 0.271 e. The first-order valence-electron chi connectivity index (χ1n) is 2.65. The molecule has 1 aromatic heterocycles. The van der Waals surface area contributed by atoms with E-state index in [1.165, 1.54) is 0 Å². The highest BCUT2D eigenvalue weighted by molar-refractivity contribution is 5.91. The second-order valence-corrected chi connectivity index (χ2v) is 1.69. The molecule has 1 rings (SSSR count). The number of hydrogen-bond acceptors (Lipinski definition) is 4. The highest BCUT2D eigenvalue weighted by Crippen LogP contribution is 1.96. The lowest BCUT2D eigenvalue weighted by molar-refractivity contribution is 0.0994. The van der Waals surface area contributed by atoms with Gasteiger partial charge in [-0.25, -0.2) is 0 Å². The van der Waals surface area contributed by atoms with Crippen molar-refractivity contribution in [3.8, 4) is 0 Å². The Bertz CT molecular complexity index is 242. The molecule has 0 radical (unpaired) electrons. The molecule has 1 heterocycles. The maximum atomic E-state index is 10.5. The third-order valence-electron chi connectivity index (χ3n) is 1.05. The summed E-state index contributed by atoms with van der Waals surface area (Å²) in [5.74, 6) is -0.616. The molecule has 0 atom stereocenters. The van der Waals surface area contributed by atoms with Crippen LogP contribution in [-0.4, -0.2) is 21.3 Å². The van der Waals surface area contributed by atoms with Crippen LogP contribution in [0.25, 0.3) is 0 Å². The summed E-state index contributed by atoms with van der Waals surface area (Å²) in [6, 6.07) is 0. The van der Waals surface area contributed by atoms with E-state index in [0.717, 1.165) is 0 Å². The fourth-order valence-corrected chi connectivity index (χ4v) is 0.592. The molecule has 0 bridgehead atoms. The molecule has 0 unspecified atom stereocenters. The van der Waals surface area contributed by atoms with E-state index < -0.39 is 5.91 Å². The highest BCUT2D eigenvalue weighted by atomic mass is 16.1. The van der Waals surface area contributed by atoms with Gasteiger partial charge in [0.1, 0.15) is 5.69 Å². The van der Waals surface area contributed by atoms with Gasteiger partial charge in [-0.05, 0) is 0 Å². The standard InChI is InChI=1S/C4H7N5O/c5-1-2-3(4(6)10)8-9-7-2/h1,5H2,(H2,6,10)(H,7,8,9). The van der Waals surface area contributed by atoms with Crippen LogP contribution >= 0.6 is 0 Å². The Morgan fingerprint density at radius 3 is 2.70 bits per heavy atom. The van der Waals surface area contributed by atoms with Gasteiger partial charge in [-0.2, -0.15) is 15.4 Å². The van der Waals surface area contributed by atoms with E-state index in [1.54, 1.807) is 0 Å². The molecule has 0 saturated heterocycles. The van der Waals surface area contributed by atoms with Gasteiger partial charge in [0.15, 0.2) is 5.69 Å². The minimum Gasteiger partial charge on any atom is -0.364 e. The Morgan fingerprint density at radius 2 is 2.30 bits per heavy atom. The van der Waals surface area contributed by atoms with Crippen molar-refractivity contribution in [3.63, 3.8) is 0 Å². The number of primary amides is 1. The van der Waals surface area contributed by atoms with Gasteiger partial charge in [-0.15, -0.1) is 0 Å². The molecule has 0 fully saturated rings. The van der Waals surface area contributed by atoms with Crippen LogP contribution in [0.4, 0.5) is 0 Å². The molecule has 6 heteroatoms. The van der Waals surface area contributed by atoms with E-state index in [1.807, 2.05) is 0 Å². The van der Waals surface area contributed by atoms with Crippen LogP contribution in [0.15, 0.2) is 0 Å². The van der Waals surface area contributed by atoms with E-state index in [4.69, 9.17) is 11.5 Å². The zero-order chi connectivity index (χ0) is 7.56. The lowest BCUT2D eigenvalue weighted by atomic mass is 10.3. The van der Waals surface area contributed by atoms with Crippen LogP contribution in [0.3, 0.4) is 0 Å². The van der Waals surface area contributed by atoms with Gasteiger partial charge in [0.25, 0.3) is 5.91 Å². The molecule has 5 N–H and O–H groups in total. The van der Waals surface area contributed by atoms with Crippen molar-refractivity contribution >= 4 is 5.91 Å². The largest absolute Gasteiger partial charge is 0.364 e. The molecule has 0 aliphatic heterocycles. The lowest BCUT2D eigenvalue weighted by Crippen LogP contribution is -2.15. The predicted molar refractivity (Wildman–Crippen MR) is 32.8 cm³/mol. The van der Waals surface area contributed by atoms with E-state index in [0.29, 0.717) is 5.69 Å². The summed E-state index contributed by atoms with van der Waals surface area (Å²) in [5.41, 5.74) is 10.6. The molecule has 0 spiro atoms. The van der Waals surface area contributed by atoms with Crippen molar-refractivity contribution < 1.29 is 4.79 Å². The summed E-state index contributed by atoms with van der Waals surface area (Å²) >= 11 is 0. The highest BCUT2D eigenvalue weighted by Gasteiger charge is 2.10. The van der Waals surface area contributed by atoms with Crippen molar-refractivity contribution in [1.29, 1.82) is 0 Å². The average Bonchev–Trinajstić information content (AvgIpc) is 2.33. The number of aromatic nitrogens is 3. The van der Waals surface area contributed by atoms with Gasteiger partial charge in [0.2, 0.25) is 0 Å². The van der Waals surface area contributed by atoms with Crippen LogP contribution in [-0.2, 0) is 6.54 Å². The number of hydrogen-bond donors (Lipinski definition) is 3. The average molecular weight is 141 g/mol. The number of H-pyrrole nitrogens is 1. The monoisotopic (exact) mass is 141 g/mol. The number of nitrogens with two attached hydrogens (primary N) is 2.